The lowest BCUT2D eigenvalue weighted by Crippen LogP contribution is -2.45. The van der Waals surface area contributed by atoms with E-state index < -0.39 is 6.04 Å². The van der Waals surface area contributed by atoms with Crippen molar-refractivity contribution in [3.05, 3.63) is 71.3 Å². The fourth-order valence-electron chi connectivity index (χ4n) is 5.53. The topological polar surface area (TPSA) is 52.7 Å². The lowest BCUT2D eigenvalue weighted by atomic mass is 9.91. The lowest BCUT2D eigenvalue weighted by molar-refractivity contribution is -0.142. The summed E-state index contributed by atoms with van der Waals surface area (Å²) in [6, 6.07) is 17.5. The van der Waals surface area contributed by atoms with E-state index in [0.29, 0.717) is 31.3 Å². The number of piperidine rings is 2. The average Bonchev–Trinajstić information content (AvgIpc) is 2.80. The number of amides is 2. The van der Waals surface area contributed by atoms with Crippen molar-refractivity contribution in [2.75, 3.05) is 19.6 Å². The van der Waals surface area contributed by atoms with E-state index in [1.807, 2.05) is 36.4 Å². The number of benzene rings is 2. The zero-order chi connectivity index (χ0) is 23.2. The molecule has 0 radical (unpaired) electrons. The third kappa shape index (κ3) is 6.02. The molecule has 0 spiro atoms. The monoisotopic (exact) mass is 447 g/mol. The average molecular weight is 448 g/mol. The number of carbonyl (C=O) groups excluding carboxylic acids is 2. The Labute approximate surface area is 198 Å². The van der Waals surface area contributed by atoms with Crippen LogP contribution < -0.4 is 5.32 Å². The summed E-state index contributed by atoms with van der Waals surface area (Å²) in [5.74, 6) is 1.40. The summed E-state index contributed by atoms with van der Waals surface area (Å²) in [4.78, 5) is 30.4. The largest absolute Gasteiger partial charge is 0.350 e. The molecule has 2 heterocycles. The van der Waals surface area contributed by atoms with E-state index in [1.165, 1.54) is 12.0 Å². The predicted octanol–water partition coefficient (Wildman–Crippen LogP) is 4.53. The van der Waals surface area contributed by atoms with Gasteiger partial charge in [0.1, 0.15) is 6.04 Å². The number of hydrogen-bond acceptors (Lipinski definition) is 3. The molecule has 3 atom stereocenters. The Morgan fingerprint density at radius 1 is 0.970 bits per heavy atom. The molecule has 2 aromatic carbocycles. The molecule has 176 valence electrons. The van der Waals surface area contributed by atoms with E-state index in [0.717, 1.165) is 43.6 Å². The van der Waals surface area contributed by atoms with Gasteiger partial charge in [0, 0.05) is 39.1 Å². The van der Waals surface area contributed by atoms with Gasteiger partial charge in [-0.05, 0) is 47.8 Å². The Hall–Kier alpha value is -2.66. The number of nitrogens with one attached hydrogen (secondary N) is 1. The van der Waals surface area contributed by atoms with Crippen LogP contribution in [0.2, 0.25) is 0 Å². The minimum Gasteiger partial charge on any atom is -0.350 e. The van der Waals surface area contributed by atoms with Crippen LogP contribution in [-0.4, -0.2) is 41.2 Å². The van der Waals surface area contributed by atoms with Crippen LogP contribution in [-0.2, 0) is 22.7 Å². The molecule has 2 fully saturated rings. The van der Waals surface area contributed by atoms with Gasteiger partial charge < -0.3 is 10.2 Å². The first kappa shape index (κ1) is 23.5. The molecular formula is C28H37N3O2. The molecule has 33 heavy (non-hydrogen) atoms. The van der Waals surface area contributed by atoms with Gasteiger partial charge in [-0.2, -0.15) is 0 Å². The van der Waals surface area contributed by atoms with Crippen LogP contribution in [0.25, 0.3) is 0 Å². The van der Waals surface area contributed by atoms with E-state index in [2.05, 4.69) is 42.3 Å². The highest BCUT2D eigenvalue weighted by Gasteiger charge is 2.32. The third-order valence-electron chi connectivity index (χ3n) is 6.95. The second-order valence-corrected chi connectivity index (χ2v) is 9.98. The Morgan fingerprint density at radius 2 is 1.64 bits per heavy atom. The highest BCUT2D eigenvalue weighted by atomic mass is 16.2. The van der Waals surface area contributed by atoms with Crippen molar-refractivity contribution in [3.8, 4) is 0 Å². The maximum Gasteiger partial charge on any atom is 0.247 e. The molecule has 0 saturated carbocycles. The first-order valence-corrected chi connectivity index (χ1v) is 12.4. The fraction of sp³-hybridized carbons (Fsp3) is 0.500. The van der Waals surface area contributed by atoms with E-state index in [4.69, 9.17) is 0 Å². The van der Waals surface area contributed by atoms with Crippen molar-refractivity contribution in [3.63, 3.8) is 0 Å². The van der Waals surface area contributed by atoms with E-state index in [9.17, 15) is 9.59 Å². The molecule has 2 aliphatic rings. The summed E-state index contributed by atoms with van der Waals surface area (Å²) < 4.78 is 0. The van der Waals surface area contributed by atoms with Crippen LogP contribution in [0.5, 0.6) is 0 Å². The van der Waals surface area contributed by atoms with Crippen LogP contribution in [0, 0.1) is 11.8 Å². The first-order chi connectivity index (χ1) is 16.0. The third-order valence-corrected chi connectivity index (χ3v) is 6.95. The molecule has 0 aliphatic carbocycles. The van der Waals surface area contributed by atoms with E-state index >= 15 is 0 Å². The number of rotatable bonds is 7. The molecule has 4 rings (SSSR count). The molecule has 0 bridgehead atoms. The van der Waals surface area contributed by atoms with Gasteiger partial charge >= 0.3 is 0 Å². The summed E-state index contributed by atoms with van der Waals surface area (Å²) in [5, 5.41) is 3.16. The minimum atomic E-state index is -0.574. The van der Waals surface area contributed by atoms with Crippen LogP contribution in [0.15, 0.2) is 54.6 Å². The van der Waals surface area contributed by atoms with E-state index in [-0.39, 0.29) is 11.8 Å². The first-order valence-electron chi connectivity index (χ1n) is 12.4. The van der Waals surface area contributed by atoms with Crippen LogP contribution in [0.3, 0.4) is 0 Å². The Bertz CT molecular complexity index is 935. The number of nitrogens with zero attached hydrogens (tertiary/aromatic N) is 2. The second kappa shape index (κ2) is 11.0. The maximum absolute atomic E-state index is 13.4. The Balaban J connectivity index is 1.47. The number of carbonyl (C=O) groups is 2. The normalized spacial score (nSPS) is 22.7. The van der Waals surface area contributed by atoms with Gasteiger partial charge in [-0.1, -0.05) is 68.4 Å². The Kier molecular flexibility index (Phi) is 7.81. The fourth-order valence-corrected chi connectivity index (χ4v) is 5.53. The second-order valence-electron chi connectivity index (χ2n) is 9.98. The highest BCUT2D eigenvalue weighted by Crippen LogP contribution is 2.27. The molecular weight excluding hydrogens is 410 g/mol. The quantitative estimate of drug-likeness (QED) is 0.678. The minimum absolute atomic E-state index is 0.0685. The van der Waals surface area contributed by atoms with Crippen LogP contribution in [0.1, 0.15) is 62.3 Å². The van der Waals surface area contributed by atoms with Crippen molar-refractivity contribution >= 4 is 11.8 Å². The SMILES string of the molecule is CC1CC(C)CN(Cc2ccccc2CNC(=O)C(c2ccccc2)N2CCCCC2=O)C1. The standard InChI is InChI=1S/C28H37N3O2/c1-21-16-22(2)19-30(18-21)20-25-13-7-6-12-24(25)17-29-28(33)27(23-10-4-3-5-11-23)31-15-9-8-14-26(31)32/h3-7,10-13,21-22,27H,8-9,14-20H2,1-2H3,(H,29,33). The van der Waals surface area contributed by atoms with Gasteiger partial charge in [0.05, 0.1) is 0 Å². The summed E-state index contributed by atoms with van der Waals surface area (Å²) in [7, 11) is 0. The molecule has 2 aliphatic heterocycles. The lowest BCUT2D eigenvalue weighted by Gasteiger charge is -2.35. The van der Waals surface area contributed by atoms with Crippen molar-refractivity contribution in [1.82, 2.24) is 15.1 Å². The van der Waals surface area contributed by atoms with Gasteiger partial charge in [-0.3, -0.25) is 14.5 Å². The molecule has 2 aromatic rings. The molecule has 3 unspecified atom stereocenters. The molecule has 1 N–H and O–H groups in total. The van der Waals surface area contributed by atoms with Crippen molar-refractivity contribution in [1.29, 1.82) is 0 Å². The van der Waals surface area contributed by atoms with Gasteiger partial charge in [0.2, 0.25) is 11.8 Å². The predicted molar refractivity (Wildman–Crippen MR) is 131 cm³/mol. The summed E-state index contributed by atoms with van der Waals surface area (Å²) >= 11 is 0. The van der Waals surface area contributed by atoms with Crippen molar-refractivity contribution < 1.29 is 9.59 Å². The Morgan fingerprint density at radius 3 is 2.33 bits per heavy atom. The van der Waals surface area contributed by atoms with E-state index in [1.54, 1.807) is 4.90 Å². The highest BCUT2D eigenvalue weighted by molar-refractivity contribution is 5.89. The van der Waals surface area contributed by atoms with Crippen LogP contribution >= 0.6 is 0 Å². The van der Waals surface area contributed by atoms with Crippen LogP contribution in [0.4, 0.5) is 0 Å². The zero-order valence-electron chi connectivity index (χ0n) is 20.0. The molecule has 2 amide bonds. The van der Waals surface area contributed by atoms with Gasteiger partial charge in [-0.25, -0.2) is 0 Å². The summed E-state index contributed by atoms with van der Waals surface area (Å²) in [5.41, 5.74) is 3.28. The molecule has 5 heteroatoms. The van der Waals surface area contributed by atoms with Gasteiger partial charge in [0.25, 0.3) is 0 Å². The molecule has 0 aromatic heterocycles. The number of likely N-dealkylation sites (tertiary alicyclic amines) is 2. The van der Waals surface area contributed by atoms with Gasteiger partial charge in [-0.15, -0.1) is 0 Å². The maximum atomic E-state index is 13.4. The van der Waals surface area contributed by atoms with Crippen molar-refractivity contribution in [2.24, 2.45) is 11.8 Å². The van der Waals surface area contributed by atoms with Gasteiger partial charge in [0.15, 0.2) is 0 Å². The summed E-state index contributed by atoms with van der Waals surface area (Å²) in [6.07, 6.45) is 3.66. The van der Waals surface area contributed by atoms with Crippen molar-refractivity contribution in [2.45, 2.75) is 58.7 Å². The summed E-state index contributed by atoms with van der Waals surface area (Å²) in [6.45, 7) is 8.93. The zero-order valence-corrected chi connectivity index (χ0v) is 20.0. The smallest absolute Gasteiger partial charge is 0.247 e. The number of hydrogen-bond donors (Lipinski definition) is 1. The molecule has 2 saturated heterocycles. The molecule has 5 nitrogen and oxygen atoms in total.